The van der Waals surface area contributed by atoms with Crippen LogP contribution in [0.4, 0.5) is 0 Å². The number of Topliss-reactive ketones (excluding diaryl/α,β-unsaturated/α-hetero) is 1. The molecule has 0 saturated heterocycles. The van der Waals surface area contributed by atoms with Gasteiger partial charge < -0.3 is 21.7 Å². The number of aromatic nitrogens is 1. The zero-order chi connectivity index (χ0) is 19.5. The number of carbonyl (C=O) groups is 1. The highest BCUT2D eigenvalue weighted by molar-refractivity contribution is 9.10. The number of fused-ring (bicyclic) bond motifs is 1. The molecule has 1 atom stereocenters. The molecular formula is C24H23Br2NO2. The Morgan fingerprint density at radius 2 is 1.93 bits per heavy atom. The molecule has 150 valence electrons. The van der Waals surface area contributed by atoms with Crippen LogP contribution < -0.4 is 26.3 Å². The second-order valence-corrected chi connectivity index (χ2v) is 8.16. The van der Waals surface area contributed by atoms with Crippen molar-refractivity contribution >= 4 is 21.7 Å². The molecule has 1 aliphatic rings. The summed E-state index contributed by atoms with van der Waals surface area (Å²) in [6, 6.07) is 18.3. The number of pyridine rings is 1. The third-order valence-electron chi connectivity index (χ3n) is 5.44. The number of halogens is 2. The molecule has 1 aliphatic carbocycles. The number of benzene rings is 2. The van der Waals surface area contributed by atoms with E-state index in [0.29, 0.717) is 0 Å². The minimum Gasteiger partial charge on any atom is -1.00 e. The Morgan fingerprint density at radius 3 is 2.66 bits per heavy atom. The molecule has 1 aromatic heterocycles. The van der Waals surface area contributed by atoms with Gasteiger partial charge in [0.05, 0.1) is 11.6 Å². The summed E-state index contributed by atoms with van der Waals surface area (Å²) in [4.78, 5) is 13.0. The zero-order valence-corrected chi connectivity index (χ0v) is 19.4. The van der Waals surface area contributed by atoms with Crippen LogP contribution in [0.2, 0.25) is 0 Å². The summed E-state index contributed by atoms with van der Waals surface area (Å²) in [5.41, 5.74) is 4.40. The maximum absolute atomic E-state index is 13.0. The van der Waals surface area contributed by atoms with Gasteiger partial charge in [0.15, 0.2) is 24.7 Å². The van der Waals surface area contributed by atoms with Gasteiger partial charge in [-0.15, -0.1) is 0 Å². The van der Waals surface area contributed by atoms with Gasteiger partial charge in [-0.3, -0.25) is 4.79 Å². The topological polar surface area (TPSA) is 30.2 Å². The lowest BCUT2D eigenvalue weighted by molar-refractivity contribution is -0.689. The largest absolute Gasteiger partial charge is 1.00 e. The Kier molecular flexibility index (Phi) is 7.25. The molecule has 4 rings (SSSR count). The molecular weight excluding hydrogens is 494 g/mol. The Hall–Kier alpha value is -1.98. The maximum atomic E-state index is 13.0. The lowest BCUT2D eigenvalue weighted by Crippen LogP contribution is -3.00. The first-order valence-corrected chi connectivity index (χ1v) is 10.4. The average molecular weight is 517 g/mol. The molecule has 29 heavy (non-hydrogen) atoms. The first kappa shape index (κ1) is 21.7. The number of hydrogen-bond acceptors (Lipinski definition) is 2. The summed E-state index contributed by atoms with van der Waals surface area (Å²) >= 11 is 3.71. The van der Waals surface area contributed by atoms with Gasteiger partial charge in [0.1, 0.15) is 5.75 Å². The lowest BCUT2D eigenvalue weighted by atomic mass is 9.80. The fourth-order valence-electron chi connectivity index (χ4n) is 3.88. The van der Waals surface area contributed by atoms with Crippen molar-refractivity contribution in [3.63, 3.8) is 0 Å². The van der Waals surface area contributed by atoms with E-state index in [2.05, 4.69) is 63.2 Å². The standard InChI is InChI=1S/C24H23BrNO2.BrH/c1-28-21-9-10-22-18(14-21)7-8-20(24(22)27)13-19-11-12-26(16-23(19)25)15-17-5-3-2-4-6-17;/h2-6,9-12,14,16,20H,7-8,13,15H2,1H3;1H/q+1;/p-1. The van der Waals surface area contributed by atoms with Crippen LogP contribution in [0.1, 0.15) is 33.5 Å². The monoisotopic (exact) mass is 515 g/mol. The normalized spacial score (nSPS) is 15.4. The van der Waals surface area contributed by atoms with Crippen LogP contribution in [0.15, 0.2) is 71.5 Å². The SMILES string of the molecule is COc1ccc2c(c1)CCC(Cc1cc[n+](Cc3ccccc3)cc1Br)C2=O.[Br-]. The van der Waals surface area contributed by atoms with Gasteiger partial charge in [-0.25, -0.2) is 0 Å². The van der Waals surface area contributed by atoms with Crippen LogP contribution in [-0.2, 0) is 19.4 Å². The van der Waals surface area contributed by atoms with Crippen LogP contribution in [0.25, 0.3) is 0 Å². The van der Waals surface area contributed by atoms with E-state index in [9.17, 15) is 4.79 Å². The van der Waals surface area contributed by atoms with Crippen molar-refractivity contribution in [3.05, 3.63) is 93.7 Å². The Morgan fingerprint density at radius 1 is 1.14 bits per heavy atom. The molecule has 0 aliphatic heterocycles. The highest BCUT2D eigenvalue weighted by Crippen LogP contribution is 2.31. The van der Waals surface area contributed by atoms with E-state index in [-0.39, 0.29) is 28.7 Å². The first-order chi connectivity index (χ1) is 13.6. The Bertz CT molecular complexity index is 1010. The predicted molar refractivity (Wildman–Crippen MR) is 113 cm³/mol. The summed E-state index contributed by atoms with van der Waals surface area (Å²) < 4.78 is 8.50. The van der Waals surface area contributed by atoms with Crippen molar-refractivity contribution in [1.29, 1.82) is 0 Å². The molecule has 2 aromatic carbocycles. The predicted octanol–water partition coefficient (Wildman–Crippen LogP) is 1.79. The van der Waals surface area contributed by atoms with Crippen LogP contribution in [0.5, 0.6) is 5.75 Å². The van der Waals surface area contributed by atoms with Crippen LogP contribution in [0.3, 0.4) is 0 Å². The Balaban J connectivity index is 0.00000240. The van der Waals surface area contributed by atoms with Crippen molar-refractivity contribution in [2.24, 2.45) is 5.92 Å². The number of hydrogen-bond donors (Lipinski definition) is 0. The van der Waals surface area contributed by atoms with Crippen LogP contribution in [-0.4, -0.2) is 12.9 Å². The van der Waals surface area contributed by atoms with Crippen LogP contribution >= 0.6 is 15.9 Å². The summed E-state index contributed by atoms with van der Waals surface area (Å²) in [6.07, 6.45) is 6.76. The number of carbonyl (C=O) groups excluding carboxylic acids is 1. The Labute approximate surface area is 190 Å². The number of rotatable bonds is 5. The number of ketones is 1. The van der Waals surface area contributed by atoms with Gasteiger partial charge in [0.25, 0.3) is 0 Å². The average Bonchev–Trinajstić information content (AvgIpc) is 2.72. The lowest BCUT2D eigenvalue weighted by Gasteiger charge is -2.24. The minimum absolute atomic E-state index is 0. The van der Waals surface area contributed by atoms with Gasteiger partial charge in [0.2, 0.25) is 0 Å². The highest BCUT2D eigenvalue weighted by Gasteiger charge is 2.28. The molecule has 0 N–H and O–H groups in total. The van der Waals surface area contributed by atoms with E-state index < -0.39 is 0 Å². The maximum Gasteiger partial charge on any atom is 0.183 e. The zero-order valence-electron chi connectivity index (χ0n) is 16.3. The van der Waals surface area contributed by atoms with Gasteiger partial charge in [-0.05, 0) is 64.5 Å². The molecule has 0 amide bonds. The first-order valence-electron chi connectivity index (χ1n) is 9.56. The van der Waals surface area contributed by atoms with Crippen molar-refractivity contribution in [1.82, 2.24) is 0 Å². The second-order valence-electron chi connectivity index (χ2n) is 7.30. The van der Waals surface area contributed by atoms with Crippen molar-refractivity contribution in [2.45, 2.75) is 25.8 Å². The molecule has 0 spiro atoms. The molecule has 5 heteroatoms. The summed E-state index contributed by atoms with van der Waals surface area (Å²) in [6.45, 7) is 0.831. The van der Waals surface area contributed by atoms with Gasteiger partial charge >= 0.3 is 0 Å². The van der Waals surface area contributed by atoms with Gasteiger partial charge in [0, 0.05) is 23.1 Å². The number of ether oxygens (including phenoxy) is 1. The van der Waals surface area contributed by atoms with E-state index >= 15 is 0 Å². The van der Waals surface area contributed by atoms with Gasteiger partial charge in [-0.1, -0.05) is 30.3 Å². The molecule has 3 nitrogen and oxygen atoms in total. The molecule has 1 unspecified atom stereocenters. The molecule has 0 radical (unpaired) electrons. The fourth-order valence-corrected chi connectivity index (χ4v) is 4.44. The molecule has 0 saturated carbocycles. The summed E-state index contributed by atoms with van der Waals surface area (Å²) in [7, 11) is 1.66. The smallest absolute Gasteiger partial charge is 0.183 e. The van der Waals surface area contributed by atoms with E-state index in [4.69, 9.17) is 4.74 Å². The number of aryl methyl sites for hydroxylation is 1. The highest BCUT2D eigenvalue weighted by atomic mass is 79.9. The third kappa shape index (κ3) is 4.96. The summed E-state index contributed by atoms with van der Waals surface area (Å²) in [5, 5.41) is 0. The third-order valence-corrected chi connectivity index (χ3v) is 6.15. The fraction of sp³-hybridized carbons (Fsp3) is 0.250. The second kappa shape index (κ2) is 9.68. The van der Waals surface area contributed by atoms with E-state index in [0.717, 1.165) is 47.2 Å². The quantitative estimate of drug-likeness (QED) is 0.484. The number of methoxy groups -OCH3 is 1. The van der Waals surface area contributed by atoms with Crippen molar-refractivity contribution in [3.8, 4) is 5.75 Å². The molecule has 0 bridgehead atoms. The van der Waals surface area contributed by atoms with Crippen molar-refractivity contribution in [2.75, 3.05) is 7.11 Å². The minimum atomic E-state index is 0. The molecule has 1 heterocycles. The van der Waals surface area contributed by atoms with Gasteiger partial charge in [-0.2, -0.15) is 4.57 Å². The van der Waals surface area contributed by atoms with Crippen molar-refractivity contribution < 1.29 is 31.1 Å². The van der Waals surface area contributed by atoms with E-state index in [1.165, 1.54) is 11.1 Å². The summed E-state index contributed by atoms with van der Waals surface area (Å²) in [5.74, 6) is 1.10. The molecule has 0 fully saturated rings. The number of nitrogens with zero attached hydrogens (tertiary/aromatic N) is 1. The van der Waals surface area contributed by atoms with E-state index in [1.54, 1.807) is 7.11 Å². The van der Waals surface area contributed by atoms with Crippen LogP contribution in [0, 0.1) is 5.92 Å². The van der Waals surface area contributed by atoms with E-state index in [1.807, 2.05) is 24.3 Å². The molecule has 3 aromatic rings.